The number of rotatable bonds is 5. The fourth-order valence-corrected chi connectivity index (χ4v) is 2.62. The number of ether oxygens (including phenoxy) is 2. The lowest BCUT2D eigenvalue weighted by Crippen LogP contribution is -2.11. The first-order valence-electron chi connectivity index (χ1n) is 8.03. The van der Waals surface area contributed by atoms with Crippen molar-refractivity contribution in [1.29, 1.82) is 0 Å². The number of furan rings is 1. The zero-order valence-electron chi connectivity index (χ0n) is 13.7. The van der Waals surface area contributed by atoms with Gasteiger partial charge in [0.15, 0.2) is 18.1 Å². The highest BCUT2D eigenvalue weighted by molar-refractivity contribution is 6.14. The number of benzene rings is 2. The molecule has 26 heavy (non-hydrogen) atoms. The monoisotopic (exact) mass is 346 g/mol. The van der Waals surface area contributed by atoms with Gasteiger partial charge >= 0.3 is 0 Å². The van der Waals surface area contributed by atoms with Gasteiger partial charge in [0.1, 0.15) is 17.3 Å². The molecular weight excluding hydrogens is 332 g/mol. The summed E-state index contributed by atoms with van der Waals surface area (Å²) in [6.45, 7) is -0.0914. The minimum Gasteiger partial charge on any atom is -0.485 e. The molecule has 0 saturated heterocycles. The predicted molar refractivity (Wildman–Crippen MR) is 94.4 cm³/mol. The molecule has 2 heterocycles. The second kappa shape index (κ2) is 6.72. The third-order valence-electron chi connectivity index (χ3n) is 3.92. The molecule has 4 rings (SSSR count). The van der Waals surface area contributed by atoms with Gasteiger partial charge in [0.2, 0.25) is 5.78 Å². The molecule has 3 aromatic rings. The van der Waals surface area contributed by atoms with Crippen LogP contribution >= 0.6 is 0 Å². The molecule has 0 N–H and O–H groups in total. The second-order valence-electron chi connectivity index (χ2n) is 5.69. The summed E-state index contributed by atoms with van der Waals surface area (Å²) in [5.74, 6) is 1.24. The standard InChI is InChI=1S/C21H14O5/c22-18(14-5-2-1-3-6-14)13-25-16-8-9-17-19(11-16)26-20(21(17)23)12-15-7-4-10-24-15/h1-12H,13H2/b20-12-. The van der Waals surface area contributed by atoms with E-state index in [1.807, 2.05) is 6.07 Å². The topological polar surface area (TPSA) is 65.7 Å². The number of ketones is 2. The molecule has 0 aliphatic carbocycles. The highest BCUT2D eigenvalue weighted by atomic mass is 16.5. The molecule has 1 aromatic heterocycles. The number of Topliss-reactive ketones (excluding diaryl/α,β-unsaturated/α-hetero) is 2. The maximum Gasteiger partial charge on any atom is 0.232 e. The summed E-state index contributed by atoms with van der Waals surface area (Å²) in [5.41, 5.74) is 1.04. The van der Waals surface area contributed by atoms with E-state index in [4.69, 9.17) is 13.9 Å². The van der Waals surface area contributed by atoms with E-state index in [0.717, 1.165) is 0 Å². The van der Waals surface area contributed by atoms with E-state index in [2.05, 4.69) is 0 Å². The number of carbonyl (C=O) groups is 2. The first-order chi connectivity index (χ1) is 12.7. The van der Waals surface area contributed by atoms with Gasteiger partial charge in [-0.15, -0.1) is 0 Å². The molecule has 0 amide bonds. The molecule has 0 bridgehead atoms. The Morgan fingerprint density at radius 3 is 2.65 bits per heavy atom. The Balaban J connectivity index is 1.48. The summed E-state index contributed by atoms with van der Waals surface area (Å²) >= 11 is 0. The zero-order chi connectivity index (χ0) is 17.9. The maximum atomic E-state index is 12.4. The van der Waals surface area contributed by atoms with Gasteiger partial charge in [-0.3, -0.25) is 9.59 Å². The molecule has 0 unspecified atom stereocenters. The van der Waals surface area contributed by atoms with Crippen molar-refractivity contribution in [3.05, 3.63) is 89.6 Å². The molecule has 0 radical (unpaired) electrons. The third kappa shape index (κ3) is 3.15. The normalized spacial score (nSPS) is 14.2. The number of hydrogen-bond acceptors (Lipinski definition) is 5. The van der Waals surface area contributed by atoms with Crippen molar-refractivity contribution in [2.75, 3.05) is 6.61 Å². The average molecular weight is 346 g/mol. The smallest absolute Gasteiger partial charge is 0.232 e. The maximum absolute atomic E-state index is 12.4. The fraction of sp³-hybridized carbons (Fsp3) is 0.0476. The number of fused-ring (bicyclic) bond motifs is 1. The van der Waals surface area contributed by atoms with Crippen molar-refractivity contribution in [2.45, 2.75) is 0 Å². The Morgan fingerprint density at radius 2 is 1.88 bits per heavy atom. The van der Waals surface area contributed by atoms with E-state index in [0.29, 0.717) is 28.4 Å². The van der Waals surface area contributed by atoms with Gasteiger partial charge in [-0.25, -0.2) is 0 Å². The van der Waals surface area contributed by atoms with Crippen molar-refractivity contribution in [1.82, 2.24) is 0 Å². The Labute approximate surface area is 149 Å². The Kier molecular flexibility index (Phi) is 4.11. The van der Waals surface area contributed by atoms with Crippen LogP contribution in [0.25, 0.3) is 6.08 Å². The molecule has 0 atom stereocenters. The minimum absolute atomic E-state index is 0.0914. The first-order valence-corrected chi connectivity index (χ1v) is 8.03. The van der Waals surface area contributed by atoms with Crippen LogP contribution in [0, 0.1) is 0 Å². The molecule has 5 nitrogen and oxygen atoms in total. The lowest BCUT2D eigenvalue weighted by Gasteiger charge is -2.06. The van der Waals surface area contributed by atoms with E-state index in [1.54, 1.807) is 60.7 Å². The average Bonchev–Trinajstić information content (AvgIpc) is 3.29. The van der Waals surface area contributed by atoms with Crippen LogP contribution in [0.5, 0.6) is 11.5 Å². The Hall–Kier alpha value is -3.60. The van der Waals surface area contributed by atoms with Crippen LogP contribution in [-0.2, 0) is 0 Å². The molecule has 5 heteroatoms. The van der Waals surface area contributed by atoms with Crippen molar-refractivity contribution in [3.8, 4) is 11.5 Å². The van der Waals surface area contributed by atoms with Gasteiger partial charge in [-0.05, 0) is 24.3 Å². The third-order valence-corrected chi connectivity index (χ3v) is 3.92. The highest BCUT2D eigenvalue weighted by Gasteiger charge is 2.28. The molecule has 0 spiro atoms. The van der Waals surface area contributed by atoms with Gasteiger partial charge in [0.25, 0.3) is 0 Å². The molecule has 0 fully saturated rings. The number of carbonyl (C=O) groups excluding carboxylic acids is 2. The number of hydrogen-bond donors (Lipinski definition) is 0. The van der Waals surface area contributed by atoms with E-state index >= 15 is 0 Å². The second-order valence-corrected chi connectivity index (χ2v) is 5.69. The van der Waals surface area contributed by atoms with Crippen molar-refractivity contribution in [2.24, 2.45) is 0 Å². The van der Waals surface area contributed by atoms with Crippen molar-refractivity contribution in [3.63, 3.8) is 0 Å². The van der Waals surface area contributed by atoms with Crippen LogP contribution in [0.3, 0.4) is 0 Å². The summed E-state index contributed by atoms with van der Waals surface area (Å²) in [6, 6.07) is 17.3. The lowest BCUT2D eigenvalue weighted by atomic mass is 10.1. The van der Waals surface area contributed by atoms with E-state index in [9.17, 15) is 9.59 Å². The lowest BCUT2D eigenvalue weighted by molar-refractivity contribution is 0.0921. The van der Waals surface area contributed by atoms with Gasteiger partial charge < -0.3 is 13.9 Å². The first kappa shape index (κ1) is 15.9. The van der Waals surface area contributed by atoms with E-state index < -0.39 is 0 Å². The van der Waals surface area contributed by atoms with Gasteiger partial charge in [-0.1, -0.05) is 30.3 Å². The summed E-state index contributed by atoms with van der Waals surface area (Å²) in [4.78, 5) is 24.5. The van der Waals surface area contributed by atoms with Crippen LogP contribution in [0.1, 0.15) is 26.5 Å². The molecular formula is C21H14O5. The number of allylic oxidation sites excluding steroid dienone is 1. The van der Waals surface area contributed by atoms with Gasteiger partial charge in [0.05, 0.1) is 11.8 Å². The van der Waals surface area contributed by atoms with E-state index in [1.165, 1.54) is 6.26 Å². The van der Waals surface area contributed by atoms with Crippen LogP contribution in [-0.4, -0.2) is 18.2 Å². The SMILES string of the molecule is O=C(COc1ccc2c(c1)O/C(=C\c1ccco1)C2=O)c1ccccc1. The summed E-state index contributed by atoms with van der Waals surface area (Å²) in [5, 5.41) is 0. The molecule has 128 valence electrons. The van der Waals surface area contributed by atoms with Crippen LogP contribution in [0.15, 0.2) is 77.1 Å². The highest BCUT2D eigenvalue weighted by Crippen LogP contribution is 2.34. The molecule has 0 saturated carbocycles. The predicted octanol–water partition coefficient (Wildman–Crippen LogP) is 4.16. The Bertz CT molecular complexity index is 985. The summed E-state index contributed by atoms with van der Waals surface area (Å²) in [6.07, 6.45) is 3.07. The van der Waals surface area contributed by atoms with E-state index in [-0.39, 0.29) is 23.9 Å². The van der Waals surface area contributed by atoms with Gasteiger partial charge in [-0.2, -0.15) is 0 Å². The van der Waals surface area contributed by atoms with Crippen molar-refractivity contribution < 1.29 is 23.5 Å². The Morgan fingerprint density at radius 1 is 1.04 bits per heavy atom. The zero-order valence-corrected chi connectivity index (χ0v) is 13.7. The molecule has 1 aliphatic heterocycles. The molecule has 2 aromatic carbocycles. The summed E-state index contributed by atoms with van der Waals surface area (Å²) < 4.78 is 16.4. The van der Waals surface area contributed by atoms with Gasteiger partial charge in [0, 0.05) is 17.7 Å². The minimum atomic E-state index is -0.219. The van der Waals surface area contributed by atoms with Crippen LogP contribution in [0.2, 0.25) is 0 Å². The molecule has 1 aliphatic rings. The quantitative estimate of drug-likeness (QED) is 0.513. The largest absolute Gasteiger partial charge is 0.485 e. The van der Waals surface area contributed by atoms with Crippen LogP contribution < -0.4 is 9.47 Å². The van der Waals surface area contributed by atoms with Crippen LogP contribution in [0.4, 0.5) is 0 Å². The fourth-order valence-electron chi connectivity index (χ4n) is 2.62. The summed E-state index contributed by atoms with van der Waals surface area (Å²) in [7, 11) is 0. The van der Waals surface area contributed by atoms with Crippen molar-refractivity contribution >= 4 is 17.6 Å².